The molecular weight excluding hydrogens is 471 g/mol. The zero-order chi connectivity index (χ0) is 26.0. The second-order valence-corrected chi connectivity index (χ2v) is 9.30. The van der Waals surface area contributed by atoms with E-state index in [0.29, 0.717) is 17.0 Å². The predicted molar refractivity (Wildman–Crippen MR) is 150 cm³/mol. The van der Waals surface area contributed by atoms with Crippen molar-refractivity contribution in [3.05, 3.63) is 167 Å². The van der Waals surface area contributed by atoms with Crippen molar-refractivity contribution in [1.29, 1.82) is 0 Å². The Morgan fingerprint density at radius 1 is 0.632 bits per heavy atom. The summed E-state index contributed by atoms with van der Waals surface area (Å²) in [7, 11) is 0. The van der Waals surface area contributed by atoms with Gasteiger partial charge >= 0.3 is 0 Å². The number of hydrogen-bond acceptors (Lipinski definition) is 4. The van der Waals surface area contributed by atoms with E-state index in [4.69, 9.17) is 0 Å². The van der Waals surface area contributed by atoms with E-state index in [1.807, 2.05) is 102 Å². The Hall–Kier alpha value is -4.74. The molecule has 1 aliphatic rings. The van der Waals surface area contributed by atoms with Crippen molar-refractivity contribution in [2.75, 3.05) is 0 Å². The Bertz CT molecular complexity index is 1470. The summed E-state index contributed by atoms with van der Waals surface area (Å²) in [6, 6.07) is 44.4. The maximum Gasteiger partial charge on any atom is 0.174 e. The van der Waals surface area contributed by atoms with Crippen LogP contribution in [-0.2, 0) is 5.54 Å². The molecule has 0 atom stereocenters. The summed E-state index contributed by atoms with van der Waals surface area (Å²) in [5.41, 5.74) is 11.6. The molecule has 1 aliphatic heterocycles. The molecule has 5 aromatic rings. The number of hydrazone groups is 1. The lowest BCUT2D eigenvalue weighted by molar-refractivity contribution is 0.0761. The number of benzene rings is 5. The lowest BCUT2D eigenvalue weighted by Gasteiger charge is -2.42. The molecule has 0 saturated carbocycles. The Morgan fingerprint density at radius 3 is 1.61 bits per heavy atom. The van der Waals surface area contributed by atoms with Crippen LogP contribution in [0.3, 0.4) is 0 Å². The molecule has 0 radical (unpaired) electrons. The molecule has 0 amide bonds. The number of aryl methyl sites for hydroxylation is 1. The van der Waals surface area contributed by atoms with Gasteiger partial charge in [-0.1, -0.05) is 139 Å². The van der Waals surface area contributed by atoms with Gasteiger partial charge in [-0.15, -0.1) is 5.10 Å². The third-order valence-corrected chi connectivity index (χ3v) is 7.05. The molecule has 0 unspecified atom stereocenters. The maximum atomic E-state index is 15.8. The largest absolute Gasteiger partial charge is 0.281 e. The van der Waals surface area contributed by atoms with Crippen LogP contribution in [-0.4, -0.2) is 11.0 Å². The summed E-state index contributed by atoms with van der Waals surface area (Å²) in [5.74, 6) is 0.114. The minimum absolute atomic E-state index is 0.300. The Labute approximate surface area is 222 Å². The molecule has 0 bridgehead atoms. The van der Waals surface area contributed by atoms with Gasteiger partial charge in [0.1, 0.15) is 11.4 Å². The van der Waals surface area contributed by atoms with Gasteiger partial charge in [0, 0.05) is 0 Å². The van der Waals surface area contributed by atoms with E-state index in [0.717, 1.165) is 27.8 Å². The molecule has 0 aliphatic carbocycles. The highest BCUT2D eigenvalue weighted by atomic mass is 19.1. The van der Waals surface area contributed by atoms with Gasteiger partial charge in [0.15, 0.2) is 5.84 Å². The van der Waals surface area contributed by atoms with Gasteiger partial charge in [-0.05, 0) is 40.3 Å². The van der Waals surface area contributed by atoms with Crippen LogP contribution in [0.2, 0.25) is 0 Å². The van der Waals surface area contributed by atoms with Crippen LogP contribution in [0.15, 0.2) is 139 Å². The van der Waals surface area contributed by atoms with Crippen molar-refractivity contribution >= 4 is 5.84 Å². The quantitative estimate of drug-likeness (QED) is 0.254. The number of halogens is 1. The predicted octanol–water partition coefficient (Wildman–Crippen LogP) is 6.78. The number of rotatable bonds is 6. The molecule has 2 N–H and O–H groups in total. The van der Waals surface area contributed by atoms with Crippen LogP contribution in [0.5, 0.6) is 0 Å². The molecule has 1 heterocycles. The number of hydrazine groups is 2. The van der Waals surface area contributed by atoms with E-state index in [1.165, 1.54) is 0 Å². The van der Waals surface area contributed by atoms with Crippen LogP contribution in [0.1, 0.15) is 27.8 Å². The molecule has 5 aromatic carbocycles. The van der Waals surface area contributed by atoms with Crippen LogP contribution in [0.4, 0.5) is 4.39 Å². The summed E-state index contributed by atoms with van der Waals surface area (Å²) in [4.78, 5) is 0. The van der Waals surface area contributed by atoms with Gasteiger partial charge in [0.05, 0.1) is 5.56 Å². The first-order chi connectivity index (χ1) is 18.7. The van der Waals surface area contributed by atoms with Gasteiger partial charge in [-0.25, -0.2) is 9.93 Å². The van der Waals surface area contributed by atoms with E-state index in [2.05, 4.69) is 52.5 Å². The summed E-state index contributed by atoms with van der Waals surface area (Å²) >= 11 is 0. The molecule has 0 fully saturated rings. The third-order valence-electron chi connectivity index (χ3n) is 7.05. The third kappa shape index (κ3) is 3.94. The van der Waals surface area contributed by atoms with Crippen LogP contribution >= 0.6 is 0 Å². The van der Waals surface area contributed by atoms with Crippen molar-refractivity contribution in [3.63, 3.8) is 0 Å². The summed E-state index contributed by atoms with van der Waals surface area (Å²) in [6.07, 6.45) is 0. The van der Waals surface area contributed by atoms with Crippen molar-refractivity contribution in [2.24, 2.45) is 5.10 Å². The van der Waals surface area contributed by atoms with Gasteiger partial charge in [-0.3, -0.25) is 5.43 Å². The number of nitrogens with one attached hydrogen (secondary N) is 2. The lowest BCUT2D eigenvalue weighted by atomic mass is 9.77. The van der Waals surface area contributed by atoms with Gasteiger partial charge < -0.3 is 0 Å². The molecule has 4 nitrogen and oxygen atoms in total. The topological polar surface area (TPSA) is 39.7 Å². The van der Waals surface area contributed by atoms with Gasteiger partial charge in [0.2, 0.25) is 0 Å². The van der Waals surface area contributed by atoms with Gasteiger partial charge in [-0.2, -0.15) is 0 Å². The van der Waals surface area contributed by atoms with E-state index < -0.39 is 5.54 Å². The first-order valence-electron chi connectivity index (χ1n) is 12.6. The van der Waals surface area contributed by atoms with E-state index >= 15 is 4.39 Å². The van der Waals surface area contributed by atoms with Crippen molar-refractivity contribution < 1.29 is 4.39 Å². The highest BCUT2D eigenvalue weighted by Gasteiger charge is 2.45. The zero-order valence-electron chi connectivity index (χ0n) is 21.0. The fourth-order valence-electron chi connectivity index (χ4n) is 5.22. The molecule has 6 rings (SSSR count). The second-order valence-electron chi connectivity index (χ2n) is 9.30. The number of nitrogens with zero attached hydrogens (tertiary/aromatic N) is 2. The van der Waals surface area contributed by atoms with Crippen LogP contribution in [0.25, 0.3) is 11.1 Å². The average molecular weight is 499 g/mol. The second kappa shape index (κ2) is 9.96. The molecular formula is C33H27FN4. The average Bonchev–Trinajstić information content (AvgIpc) is 3.47. The molecule has 0 saturated heterocycles. The highest BCUT2D eigenvalue weighted by molar-refractivity contribution is 6.05. The lowest BCUT2D eigenvalue weighted by Crippen LogP contribution is -2.57. The first-order valence-corrected chi connectivity index (χ1v) is 12.6. The summed E-state index contributed by atoms with van der Waals surface area (Å²) < 4.78 is 15.8. The normalized spacial score (nSPS) is 13.5. The Kier molecular flexibility index (Phi) is 6.20. The van der Waals surface area contributed by atoms with Crippen molar-refractivity contribution in [1.82, 2.24) is 16.1 Å². The summed E-state index contributed by atoms with van der Waals surface area (Å²) in [6.45, 7) is 1.77. The monoisotopic (exact) mass is 498 g/mol. The van der Waals surface area contributed by atoms with E-state index in [1.54, 1.807) is 6.92 Å². The van der Waals surface area contributed by atoms with Gasteiger partial charge in [0.25, 0.3) is 0 Å². The minimum atomic E-state index is -0.817. The molecule has 38 heavy (non-hydrogen) atoms. The van der Waals surface area contributed by atoms with E-state index in [9.17, 15) is 0 Å². The minimum Gasteiger partial charge on any atom is -0.281 e. The number of amidine groups is 1. The molecule has 0 aromatic heterocycles. The van der Waals surface area contributed by atoms with Crippen LogP contribution < -0.4 is 11.0 Å². The fourth-order valence-corrected chi connectivity index (χ4v) is 5.22. The molecule has 0 spiro atoms. The standard InChI is InChI=1S/C33H27FN4/c1-24-22-23-29(25-14-6-2-7-15-25)30(31(24)34)32-35-37-38(36-32)33(26-16-8-3-9-17-26,27-18-10-4-11-19-27)28-20-12-5-13-21-28/h2-23,37H,1H3,(H,35,36). The molecule has 186 valence electrons. The van der Waals surface area contributed by atoms with E-state index in [-0.39, 0.29) is 5.82 Å². The van der Waals surface area contributed by atoms with Crippen molar-refractivity contribution in [2.45, 2.75) is 12.5 Å². The van der Waals surface area contributed by atoms with Crippen molar-refractivity contribution in [3.8, 4) is 11.1 Å². The smallest absolute Gasteiger partial charge is 0.174 e. The number of hydrogen-bond donors (Lipinski definition) is 2. The first kappa shape index (κ1) is 23.6. The SMILES string of the molecule is Cc1ccc(-c2ccccc2)c(C2=NNN(C(c3ccccc3)(c3ccccc3)c3ccccc3)N2)c1F. The molecule has 5 heteroatoms. The van der Waals surface area contributed by atoms with Crippen LogP contribution in [0, 0.1) is 12.7 Å². The maximum absolute atomic E-state index is 15.8. The Morgan fingerprint density at radius 2 is 1.11 bits per heavy atom. The summed E-state index contributed by atoms with van der Waals surface area (Å²) in [5, 5.41) is 6.53. The fraction of sp³-hybridized carbons (Fsp3) is 0.0606. The highest BCUT2D eigenvalue weighted by Crippen LogP contribution is 2.41. The Balaban J connectivity index is 1.52. The zero-order valence-corrected chi connectivity index (χ0v) is 21.0.